The molecule has 0 aromatic heterocycles. The van der Waals surface area contributed by atoms with E-state index in [2.05, 4.69) is 22.0 Å². The van der Waals surface area contributed by atoms with Gasteiger partial charge in [0.2, 0.25) is 11.7 Å². The summed E-state index contributed by atoms with van der Waals surface area (Å²) < 4.78 is 83.5. The predicted octanol–water partition coefficient (Wildman–Crippen LogP) is 2.39. The molecule has 4 atom stereocenters. The quantitative estimate of drug-likeness (QED) is 0.245. The summed E-state index contributed by atoms with van der Waals surface area (Å²) in [7, 11) is 1.22. The highest BCUT2D eigenvalue weighted by Gasteiger charge is 2.49. The first-order chi connectivity index (χ1) is 17.8. The fraction of sp³-hybridized carbons (Fsp3) is 0.625. The summed E-state index contributed by atoms with van der Waals surface area (Å²) in [6, 6.07) is -1.00. The molecular formula is C24H32F6N6O2. The zero-order valence-corrected chi connectivity index (χ0v) is 20.9. The second-order valence-electron chi connectivity index (χ2n) is 9.74. The molecule has 0 aromatic rings. The van der Waals surface area contributed by atoms with Gasteiger partial charge in [-0.1, -0.05) is 18.2 Å². The molecule has 1 aliphatic carbocycles. The van der Waals surface area contributed by atoms with E-state index in [-0.39, 0.29) is 37.8 Å². The number of rotatable bonds is 8. The number of hydrogen-bond acceptors (Lipinski definition) is 6. The molecule has 1 unspecified atom stereocenters. The van der Waals surface area contributed by atoms with Crippen LogP contribution in [0.1, 0.15) is 19.3 Å². The summed E-state index contributed by atoms with van der Waals surface area (Å²) in [5, 5.41) is 13.2. The minimum atomic E-state index is -4.55. The number of alkyl halides is 5. The van der Waals surface area contributed by atoms with Gasteiger partial charge in [0.1, 0.15) is 0 Å². The number of allylic oxidation sites excluding steroid dienone is 3. The Morgan fingerprint density at radius 3 is 2.61 bits per heavy atom. The maximum absolute atomic E-state index is 15.6. The van der Waals surface area contributed by atoms with Crippen molar-refractivity contribution in [2.24, 2.45) is 27.6 Å². The Kier molecular flexibility index (Phi) is 9.29. The SMILES string of the molecule is C=N/C(NC[C@H]1CCN(CC(N)=O)C[C@@H]1O)=C(F)\C(=N/C)N1CC(F)(F)C[C@@H]1C1C=CC(C(F)(F)F)=CC1. The molecule has 212 valence electrons. The third-order valence-corrected chi connectivity index (χ3v) is 7.03. The largest absolute Gasteiger partial charge is 0.416 e. The minimum Gasteiger partial charge on any atom is -0.391 e. The van der Waals surface area contributed by atoms with Gasteiger partial charge in [0.05, 0.1) is 24.8 Å². The smallest absolute Gasteiger partial charge is 0.391 e. The highest BCUT2D eigenvalue weighted by Crippen LogP contribution is 2.41. The highest BCUT2D eigenvalue weighted by molar-refractivity contribution is 5.97. The number of piperidine rings is 1. The first-order valence-corrected chi connectivity index (χ1v) is 12.1. The third-order valence-electron chi connectivity index (χ3n) is 7.03. The van der Waals surface area contributed by atoms with Crippen molar-refractivity contribution in [3.05, 3.63) is 35.4 Å². The molecule has 0 bridgehead atoms. The molecule has 2 aliphatic heterocycles. The first-order valence-electron chi connectivity index (χ1n) is 12.1. The van der Waals surface area contributed by atoms with E-state index in [1.807, 2.05) is 0 Å². The maximum Gasteiger partial charge on any atom is 0.416 e. The van der Waals surface area contributed by atoms with Crippen molar-refractivity contribution >= 4 is 18.5 Å². The van der Waals surface area contributed by atoms with E-state index in [0.717, 1.165) is 17.1 Å². The highest BCUT2D eigenvalue weighted by atomic mass is 19.4. The van der Waals surface area contributed by atoms with Gasteiger partial charge in [0.15, 0.2) is 11.7 Å². The average Bonchev–Trinajstić information content (AvgIpc) is 3.15. The van der Waals surface area contributed by atoms with Crippen LogP contribution in [0.3, 0.4) is 0 Å². The number of aliphatic hydroxyl groups is 1. The van der Waals surface area contributed by atoms with E-state index >= 15 is 4.39 Å². The lowest BCUT2D eigenvalue weighted by Crippen LogP contribution is -2.49. The lowest BCUT2D eigenvalue weighted by atomic mass is 9.88. The number of carbonyl (C=O) groups excluding carboxylic acids is 1. The zero-order valence-electron chi connectivity index (χ0n) is 20.9. The van der Waals surface area contributed by atoms with Crippen LogP contribution in [0.15, 0.2) is 45.4 Å². The van der Waals surface area contributed by atoms with Crippen molar-refractivity contribution in [1.82, 2.24) is 15.1 Å². The van der Waals surface area contributed by atoms with Crippen LogP contribution in [0.4, 0.5) is 26.3 Å². The van der Waals surface area contributed by atoms with Crippen LogP contribution in [-0.2, 0) is 4.79 Å². The molecule has 0 radical (unpaired) electrons. The molecule has 2 heterocycles. The molecule has 0 spiro atoms. The lowest BCUT2D eigenvalue weighted by molar-refractivity contribution is -0.120. The van der Waals surface area contributed by atoms with Crippen molar-refractivity contribution in [3.8, 4) is 0 Å². The predicted molar refractivity (Wildman–Crippen MR) is 130 cm³/mol. The van der Waals surface area contributed by atoms with Gasteiger partial charge >= 0.3 is 6.18 Å². The van der Waals surface area contributed by atoms with Crippen LogP contribution in [0.5, 0.6) is 0 Å². The van der Waals surface area contributed by atoms with Crippen molar-refractivity contribution in [2.75, 3.05) is 39.8 Å². The van der Waals surface area contributed by atoms with Gasteiger partial charge in [-0.3, -0.25) is 14.7 Å². The van der Waals surface area contributed by atoms with Crippen LogP contribution >= 0.6 is 0 Å². The standard InChI is InChI=1S/C24H32F6N6O2/c1-32-21(34-10-15-7-8-35(11-18(15)37)12-19(31)38)20(25)22(33-2)36-13-23(26,27)9-17(36)14-3-5-16(6-4-14)24(28,29)30/h3,5-6,14-15,17-18,34,37H,1,4,7-13H2,2H3,(H2,31,38)/b21-20-,33-22+/t14?,15-,17-,18+/m1/s1. The fourth-order valence-electron chi connectivity index (χ4n) is 5.13. The van der Waals surface area contributed by atoms with Crippen LogP contribution in [0.2, 0.25) is 0 Å². The number of aliphatic hydroxyl groups excluding tert-OH is 1. The third kappa shape index (κ3) is 7.16. The number of halogens is 6. The Balaban J connectivity index is 1.74. The number of aliphatic imine (C=N–C) groups is 2. The summed E-state index contributed by atoms with van der Waals surface area (Å²) in [6.07, 6.45) is -2.68. The van der Waals surface area contributed by atoms with E-state index in [0.29, 0.717) is 13.0 Å². The van der Waals surface area contributed by atoms with Crippen molar-refractivity contribution in [2.45, 2.75) is 43.5 Å². The Hall–Kier alpha value is -2.87. The number of carbonyl (C=O) groups is 1. The number of hydrogen-bond donors (Lipinski definition) is 3. The molecule has 3 aliphatic rings. The Bertz CT molecular complexity index is 1020. The zero-order chi connectivity index (χ0) is 28.3. The molecule has 14 heteroatoms. The molecule has 1 amide bonds. The van der Waals surface area contributed by atoms with E-state index < -0.39 is 66.3 Å². The van der Waals surface area contributed by atoms with Crippen molar-refractivity contribution < 1.29 is 36.2 Å². The molecular weight excluding hydrogens is 518 g/mol. The van der Waals surface area contributed by atoms with Crippen LogP contribution in [-0.4, -0.2) is 97.4 Å². The Labute approximate surface area is 216 Å². The number of nitrogens with zero attached hydrogens (tertiary/aromatic N) is 4. The van der Waals surface area contributed by atoms with E-state index in [9.17, 15) is 31.9 Å². The molecule has 2 saturated heterocycles. The van der Waals surface area contributed by atoms with Gasteiger partial charge in [-0.2, -0.15) is 17.6 Å². The molecule has 3 rings (SSSR count). The molecule has 0 saturated carbocycles. The molecule has 8 nitrogen and oxygen atoms in total. The van der Waals surface area contributed by atoms with E-state index in [4.69, 9.17) is 5.73 Å². The number of nitrogens with one attached hydrogen (secondary N) is 1. The summed E-state index contributed by atoms with van der Waals surface area (Å²) in [5.41, 5.74) is 4.33. The summed E-state index contributed by atoms with van der Waals surface area (Å²) in [5.74, 6) is -6.58. The molecule has 0 aromatic carbocycles. The van der Waals surface area contributed by atoms with Crippen LogP contribution < -0.4 is 11.1 Å². The van der Waals surface area contributed by atoms with Gasteiger partial charge in [0.25, 0.3) is 5.92 Å². The monoisotopic (exact) mass is 550 g/mol. The molecule has 38 heavy (non-hydrogen) atoms. The minimum absolute atomic E-state index is 0.00660. The van der Waals surface area contributed by atoms with Crippen LogP contribution in [0.25, 0.3) is 0 Å². The summed E-state index contributed by atoms with van der Waals surface area (Å²) in [6.45, 7) is 3.26. The number of amides is 1. The summed E-state index contributed by atoms with van der Waals surface area (Å²) in [4.78, 5) is 21.4. The van der Waals surface area contributed by atoms with Crippen molar-refractivity contribution in [3.63, 3.8) is 0 Å². The van der Waals surface area contributed by atoms with Crippen LogP contribution in [0, 0.1) is 11.8 Å². The van der Waals surface area contributed by atoms with E-state index in [1.165, 1.54) is 13.1 Å². The Morgan fingerprint density at radius 2 is 2.08 bits per heavy atom. The number of primary amides is 1. The number of β-amino-alcohol motifs (C(OH)–C–C–N with tert-alkyl or cyclic N) is 1. The second kappa shape index (κ2) is 11.9. The maximum atomic E-state index is 15.6. The van der Waals surface area contributed by atoms with Gasteiger partial charge in [-0.15, -0.1) is 0 Å². The second-order valence-corrected chi connectivity index (χ2v) is 9.74. The number of amidine groups is 1. The summed E-state index contributed by atoms with van der Waals surface area (Å²) >= 11 is 0. The van der Waals surface area contributed by atoms with Gasteiger partial charge in [-0.25, -0.2) is 13.8 Å². The lowest BCUT2D eigenvalue weighted by Gasteiger charge is -2.35. The van der Waals surface area contributed by atoms with Gasteiger partial charge < -0.3 is 21.1 Å². The Morgan fingerprint density at radius 1 is 1.37 bits per heavy atom. The molecule has 4 N–H and O–H groups in total. The fourth-order valence-corrected chi connectivity index (χ4v) is 5.13. The van der Waals surface area contributed by atoms with Gasteiger partial charge in [-0.05, 0) is 26.1 Å². The number of nitrogens with two attached hydrogens (primary N) is 1. The van der Waals surface area contributed by atoms with Crippen molar-refractivity contribution in [1.29, 1.82) is 0 Å². The first kappa shape index (κ1) is 29.7. The molecule has 2 fully saturated rings. The van der Waals surface area contributed by atoms with E-state index in [1.54, 1.807) is 4.90 Å². The normalized spacial score (nSPS) is 29.1. The van der Waals surface area contributed by atoms with Gasteiger partial charge in [0, 0.05) is 44.4 Å². The average molecular weight is 551 g/mol. The topological polar surface area (TPSA) is 107 Å². The number of likely N-dealkylation sites (tertiary alicyclic amines) is 2.